The minimum Gasteiger partial charge on any atom is -0.388 e. The topological polar surface area (TPSA) is 32.3 Å². The van der Waals surface area contributed by atoms with Crippen molar-refractivity contribution in [1.82, 2.24) is 5.32 Å². The Balaban J connectivity index is 2.00. The third kappa shape index (κ3) is 2.55. The van der Waals surface area contributed by atoms with E-state index in [4.69, 9.17) is 0 Å². The van der Waals surface area contributed by atoms with E-state index in [2.05, 4.69) is 5.32 Å². The fourth-order valence-electron chi connectivity index (χ4n) is 2.10. The van der Waals surface area contributed by atoms with Gasteiger partial charge in [0.1, 0.15) is 5.82 Å². The minimum atomic E-state index is -0.670. The van der Waals surface area contributed by atoms with E-state index in [9.17, 15) is 9.50 Å². The molecule has 82 valence electrons. The zero-order valence-corrected chi connectivity index (χ0v) is 8.62. The maximum Gasteiger partial charge on any atom is 0.128 e. The first kappa shape index (κ1) is 10.6. The van der Waals surface area contributed by atoms with Gasteiger partial charge in [-0.3, -0.25) is 0 Å². The molecule has 1 saturated heterocycles. The van der Waals surface area contributed by atoms with E-state index in [0.29, 0.717) is 17.9 Å². The lowest BCUT2D eigenvalue weighted by atomic mass is 9.96. The van der Waals surface area contributed by atoms with Crippen molar-refractivity contribution in [2.75, 3.05) is 13.1 Å². The first-order valence-electron chi connectivity index (χ1n) is 5.40. The van der Waals surface area contributed by atoms with Gasteiger partial charge in [0.15, 0.2) is 0 Å². The van der Waals surface area contributed by atoms with Gasteiger partial charge in [0, 0.05) is 5.56 Å². The van der Waals surface area contributed by atoms with E-state index in [1.54, 1.807) is 18.2 Å². The predicted octanol–water partition coefficient (Wildman–Crippen LogP) is 1.86. The van der Waals surface area contributed by atoms with Crippen molar-refractivity contribution in [3.63, 3.8) is 0 Å². The van der Waals surface area contributed by atoms with Crippen LogP contribution in [-0.4, -0.2) is 18.2 Å². The number of aliphatic hydroxyl groups excluding tert-OH is 1. The van der Waals surface area contributed by atoms with Gasteiger partial charge in [0.2, 0.25) is 0 Å². The molecular formula is C12H16FNO. The van der Waals surface area contributed by atoms with Gasteiger partial charge < -0.3 is 10.4 Å². The summed E-state index contributed by atoms with van der Waals surface area (Å²) in [4.78, 5) is 0. The summed E-state index contributed by atoms with van der Waals surface area (Å²) in [6.45, 7) is 1.94. The average molecular weight is 209 g/mol. The van der Waals surface area contributed by atoms with Crippen molar-refractivity contribution >= 4 is 0 Å². The zero-order valence-electron chi connectivity index (χ0n) is 8.62. The molecule has 0 radical (unpaired) electrons. The first-order chi connectivity index (χ1) is 7.27. The van der Waals surface area contributed by atoms with Gasteiger partial charge >= 0.3 is 0 Å². The van der Waals surface area contributed by atoms with E-state index >= 15 is 0 Å². The van der Waals surface area contributed by atoms with Crippen LogP contribution in [0.1, 0.15) is 24.5 Å². The van der Waals surface area contributed by atoms with Crippen LogP contribution < -0.4 is 5.32 Å². The molecule has 0 spiro atoms. The molecule has 1 aromatic carbocycles. The summed E-state index contributed by atoms with van der Waals surface area (Å²) in [5, 5.41) is 13.1. The molecule has 2 atom stereocenters. The second kappa shape index (κ2) is 4.73. The Morgan fingerprint density at radius 2 is 2.27 bits per heavy atom. The number of aliphatic hydroxyl groups is 1. The standard InChI is InChI=1S/C12H16FNO/c13-11-4-2-1-3-10(11)12(15)7-9-5-6-14-8-9/h1-4,9,12,14-15H,5-8H2. The molecule has 0 bridgehead atoms. The van der Waals surface area contributed by atoms with Gasteiger partial charge in [0.05, 0.1) is 6.10 Å². The normalized spacial score (nSPS) is 22.9. The zero-order chi connectivity index (χ0) is 10.7. The van der Waals surface area contributed by atoms with Gasteiger partial charge in [-0.1, -0.05) is 18.2 Å². The largest absolute Gasteiger partial charge is 0.388 e. The molecule has 1 aliphatic heterocycles. The Hall–Kier alpha value is -0.930. The molecule has 0 saturated carbocycles. The van der Waals surface area contributed by atoms with E-state index < -0.39 is 6.10 Å². The summed E-state index contributed by atoms with van der Waals surface area (Å²) < 4.78 is 13.3. The predicted molar refractivity (Wildman–Crippen MR) is 57.0 cm³/mol. The molecule has 0 aromatic heterocycles. The van der Waals surface area contributed by atoms with Crippen LogP contribution in [0.2, 0.25) is 0 Å². The first-order valence-corrected chi connectivity index (χ1v) is 5.40. The summed E-state index contributed by atoms with van der Waals surface area (Å²) in [6.07, 6.45) is 1.05. The van der Waals surface area contributed by atoms with Gasteiger partial charge in [-0.2, -0.15) is 0 Å². The van der Waals surface area contributed by atoms with Crippen molar-refractivity contribution in [2.45, 2.75) is 18.9 Å². The molecule has 2 N–H and O–H groups in total. The number of halogens is 1. The van der Waals surface area contributed by atoms with E-state index in [1.165, 1.54) is 6.07 Å². The summed E-state index contributed by atoms with van der Waals surface area (Å²) in [7, 11) is 0. The molecule has 15 heavy (non-hydrogen) atoms. The van der Waals surface area contributed by atoms with Crippen LogP contribution in [0.25, 0.3) is 0 Å². The molecule has 0 amide bonds. The second-order valence-corrected chi connectivity index (χ2v) is 4.13. The summed E-state index contributed by atoms with van der Waals surface area (Å²) in [5.41, 5.74) is 0.421. The van der Waals surface area contributed by atoms with Crippen molar-refractivity contribution in [3.8, 4) is 0 Å². The van der Waals surface area contributed by atoms with Gasteiger partial charge in [0.25, 0.3) is 0 Å². The quantitative estimate of drug-likeness (QED) is 0.796. The third-order valence-electron chi connectivity index (χ3n) is 2.98. The lowest BCUT2D eigenvalue weighted by Gasteiger charge is -2.15. The molecule has 1 aromatic rings. The highest BCUT2D eigenvalue weighted by Crippen LogP contribution is 2.26. The van der Waals surface area contributed by atoms with Gasteiger partial charge in [-0.25, -0.2) is 4.39 Å². The Morgan fingerprint density at radius 3 is 2.93 bits per heavy atom. The van der Waals surface area contributed by atoms with Crippen LogP contribution in [0.4, 0.5) is 4.39 Å². The number of hydrogen-bond acceptors (Lipinski definition) is 2. The van der Waals surface area contributed by atoms with Gasteiger partial charge in [-0.15, -0.1) is 0 Å². The third-order valence-corrected chi connectivity index (χ3v) is 2.98. The number of nitrogens with one attached hydrogen (secondary N) is 1. The SMILES string of the molecule is OC(CC1CCNC1)c1ccccc1F. The van der Waals surface area contributed by atoms with E-state index in [-0.39, 0.29) is 5.82 Å². The molecule has 2 nitrogen and oxygen atoms in total. The Bertz CT molecular complexity index is 323. The van der Waals surface area contributed by atoms with Crippen molar-refractivity contribution in [1.29, 1.82) is 0 Å². The van der Waals surface area contributed by atoms with Crippen LogP contribution in [0, 0.1) is 11.7 Å². The number of hydrogen-bond donors (Lipinski definition) is 2. The van der Waals surface area contributed by atoms with Crippen LogP contribution in [0.3, 0.4) is 0 Å². The van der Waals surface area contributed by atoms with Gasteiger partial charge in [-0.05, 0) is 37.9 Å². The molecule has 1 heterocycles. The fraction of sp³-hybridized carbons (Fsp3) is 0.500. The molecular weight excluding hydrogens is 193 g/mol. The summed E-state index contributed by atoms with van der Waals surface area (Å²) in [5.74, 6) is 0.163. The van der Waals surface area contributed by atoms with Crippen LogP contribution in [0.15, 0.2) is 24.3 Å². The van der Waals surface area contributed by atoms with Crippen molar-refractivity contribution in [2.24, 2.45) is 5.92 Å². The molecule has 2 unspecified atom stereocenters. The Morgan fingerprint density at radius 1 is 1.47 bits per heavy atom. The minimum absolute atomic E-state index is 0.309. The smallest absolute Gasteiger partial charge is 0.128 e. The molecule has 3 heteroatoms. The maximum absolute atomic E-state index is 13.3. The second-order valence-electron chi connectivity index (χ2n) is 4.13. The molecule has 1 aliphatic rings. The number of rotatable bonds is 3. The van der Waals surface area contributed by atoms with Crippen molar-refractivity contribution in [3.05, 3.63) is 35.6 Å². The summed E-state index contributed by atoms with van der Waals surface area (Å²) in [6, 6.07) is 6.45. The average Bonchev–Trinajstić information content (AvgIpc) is 2.71. The van der Waals surface area contributed by atoms with Crippen molar-refractivity contribution < 1.29 is 9.50 Å². The fourth-order valence-corrected chi connectivity index (χ4v) is 2.10. The highest BCUT2D eigenvalue weighted by atomic mass is 19.1. The molecule has 0 aliphatic carbocycles. The lowest BCUT2D eigenvalue weighted by Crippen LogP contribution is -2.12. The van der Waals surface area contributed by atoms with Crippen LogP contribution in [0.5, 0.6) is 0 Å². The Labute approximate surface area is 89.1 Å². The highest BCUT2D eigenvalue weighted by molar-refractivity contribution is 5.19. The monoisotopic (exact) mass is 209 g/mol. The lowest BCUT2D eigenvalue weighted by molar-refractivity contribution is 0.143. The van der Waals surface area contributed by atoms with Crippen LogP contribution in [-0.2, 0) is 0 Å². The molecule has 1 fully saturated rings. The number of benzene rings is 1. The Kier molecular flexibility index (Phi) is 3.34. The van der Waals surface area contributed by atoms with Crippen LogP contribution >= 0.6 is 0 Å². The highest BCUT2D eigenvalue weighted by Gasteiger charge is 2.20. The summed E-state index contributed by atoms with van der Waals surface area (Å²) >= 11 is 0. The molecule has 2 rings (SSSR count). The maximum atomic E-state index is 13.3. The van der Waals surface area contributed by atoms with E-state index in [0.717, 1.165) is 19.5 Å². The van der Waals surface area contributed by atoms with E-state index in [1.807, 2.05) is 0 Å².